The molecule has 87 valence electrons. The molecule has 0 aliphatic rings. The Morgan fingerprint density at radius 3 is 2.69 bits per heavy atom. The van der Waals surface area contributed by atoms with Crippen LogP contribution in [0.3, 0.4) is 0 Å². The SMILES string of the molecule is [CH2]C(CF)c1cc(C=C)cc(CCCC)c1. The minimum absolute atomic E-state index is 0.264. The van der Waals surface area contributed by atoms with Crippen LogP contribution in [0.2, 0.25) is 0 Å². The molecule has 0 heterocycles. The molecule has 0 nitrogen and oxygen atoms in total. The second-order valence-electron chi connectivity index (χ2n) is 4.17. The van der Waals surface area contributed by atoms with E-state index in [9.17, 15) is 4.39 Å². The topological polar surface area (TPSA) is 0 Å². The highest BCUT2D eigenvalue weighted by atomic mass is 19.1. The van der Waals surface area contributed by atoms with Crippen molar-refractivity contribution in [1.82, 2.24) is 0 Å². The van der Waals surface area contributed by atoms with E-state index in [4.69, 9.17) is 0 Å². The Bertz CT molecular complexity index is 341. The summed E-state index contributed by atoms with van der Waals surface area (Å²) in [5.41, 5.74) is 3.30. The van der Waals surface area contributed by atoms with Crippen molar-refractivity contribution in [3.8, 4) is 0 Å². The van der Waals surface area contributed by atoms with E-state index in [1.165, 1.54) is 12.0 Å². The van der Waals surface area contributed by atoms with Crippen LogP contribution in [0.1, 0.15) is 42.4 Å². The summed E-state index contributed by atoms with van der Waals surface area (Å²) >= 11 is 0. The third-order valence-corrected chi connectivity index (χ3v) is 2.75. The van der Waals surface area contributed by atoms with Gasteiger partial charge in [0.15, 0.2) is 0 Å². The smallest absolute Gasteiger partial charge is 0.0962 e. The van der Waals surface area contributed by atoms with Crippen LogP contribution in [0.5, 0.6) is 0 Å². The molecule has 1 radical (unpaired) electrons. The van der Waals surface area contributed by atoms with Crippen molar-refractivity contribution in [3.63, 3.8) is 0 Å². The minimum Gasteiger partial charge on any atom is -0.250 e. The number of halogens is 1. The molecule has 1 heteroatoms. The lowest BCUT2D eigenvalue weighted by molar-refractivity contribution is 0.465. The van der Waals surface area contributed by atoms with E-state index in [1.807, 2.05) is 12.1 Å². The molecule has 0 N–H and O–H groups in total. The van der Waals surface area contributed by atoms with Crippen molar-refractivity contribution < 1.29 is 4.39 Å². The fourth-order valence-corrected chi connectivity index (χ4v) is 1.71. The first-order valence-corrected chi connectivity index (χ1v) is 5.86. The van der Waals surface area contributed by atoms with Crippen LogP contribution >= 0.6 is 0 Å². The monoisotopic (exact) mass is 219 g/mol. The van der Waals surface area contributed by atoms with Crippen molar-refractivity contribution >= 4 is 6.08 Å². The molecule has 0 spiro atoms. The van der Waals surface area contributed by atoms with E-state index in [2.05, 4.69) is 32.6 Å². The Morgan fingerprint density at radius 2 is 2.12 bits per heavy atom. The molecule has 0 bridgehead atoms. The van der Waals surface area contributed by atoms with Gasteiger partial charge < -0.3 is 0 Å². The van der Waals surface area contributed by atoms with Gasteiger partial charge in [0, 0.05) is 5.92 Å². The molecule has 0 saturated carbocycles. The van der Waals surface area contributed by atoms with E-state index in [0.29, 0.717) is 0 Å². The molecule has 16 heavy (non-hydrogen) atoms. The van der Waals surface area contributed by atoms with E-state index in [-0.39, 0.29) is 5.92 Å². The van der Waals surface area contributed by atoms with E-state index >= 15 is 0 Å². The number of alkyl halides is 1. The number of benzene rings is 1. The van der Waals surface area contributed by atoms with Crippen LogP contribution in [0.4, 0.5) is 4.39 Å². The van der Waals surface area contributed by atoms with E-state index in [0.717, 1.165) is 24.0 Å². The van der Waals surface area contributed by atoms with Gasteiger partial charge in [-0.2, -0.15) is 0 Å². The van der Waals surface area contributed by atoms with Crippen LogP contribution in [0.25, 0.3) is 6.08 Å². The maximum Gasteiger partial charge on any atom is 0.0962 e. The molecule has 0 amide bonds. The van der Waals surface area contributed by atoms with Gasteiger partial charge in [-0.15, -0.1) is 0 Å². The fraction of sp³-hybridized carbons (Fsp3) is 0.400. The normalized spacial score (nSPS) is 12.4. The van der Waals surface area contributed by atoms with Gasteiger partial charge in [0.1, 0.15) is 0 Å². The van der Waals surface area contributed by atoms with Crippen LogP contribution in [-0.4, -0.2) is 6.67 Å². The van der Waals surface area contributed by atoms with Gasteiger partial charge in [-0.25, -0.2) is 0 Å². The molecular weight excluding hydrogens is 199 g/mol. The number of aryl methyl sites for hydroxylation is 1. The highest BCUT2D eigenvalue weighted by Gasteiger charge is 2.07. The van der Waals surface area contributed by atoms with Crippen molar-refractivity contribution in [2.45, 2.75) is 32.1 Å². The summed E-state index contributed by atoms with van der Waals surface area (Å²) in [7, 11) is 0. The van der Waals surface area contributed by atoms with Gasteiger partial charge >= 0.3 is 0 Å². The first kappa shape index (κ1) is 13.0. The van der Waals surface area contributed by atoms with Gasteiger partial charge in [-0.1, -0.05) is 44.2 Å². The predicted octanol–water partition coefficient (Wildman–Crippen LogP) is 4.56. The third-order valence-electron chi connectivity index (χ3n) is 2.75. The Kier molecular flexibility index (Phi) is 5.24. The molecule has 1 unspecified atom stereocenters. The molecule has 1 rings (SSSR count). The zero-order valence-electron chi connectivity index (χ0n) is 10.0. The van der Waals surface area contributed by atoms with Crippen LogP contribution in [-0.2, 0) is 6.42 Å². The second kappa shape index (κ2) is 6.47. The van der Waals surface area contributed by atoms with Gasteiger partial charge in [-0.05, 0) is 36.5 Å². The van der Waals surface area contributed by atoms with Crippen LogP contribution in [0, 0.1) is 6.92 Å². The summed E-state index contributed by atoms with van der Waals surface area (Å²) in [6.45, 7) is 9.34. The van der Waals surface area contributed by atoms with Gasteiger partial charge in [-0.3, -0.25) is 4.39 Å². The molecule has 1 aromatic rings. The maximum absolute atomic E-state index is 12.6. The van der Waals surface area contributed by atoms with Crippen LogP contribution < -0.4 is 0 Å². The first-order chi connectivity index (χ1) is 7.71. The van der Waals surface area contributed by atoms with Crippen molar-refractivity contribution in [1.29, 1.82) is 0 Å². The molecule has 0 aliphatic carbocycles. The number of unbranched alkanes of at least 4 members (excludes halogenated alkanes) is 1. The summed E-state index contributed by atoms with van der Waals surface area (Å²) in [4.78, 5) is 0. The summed E-state index contributed by atoms with van der Waals surface area (Å²) in [5.74, 6) is -0.264. The van der Waals surface area contributed by atoms with Gasteiger partial charge in [0.25, 0.3) is 0 Å². The quantitative estimate of drug-likeness (QED) is 0.658. The third kappa shape index (κ3) is 3.48. The average Bonchev–Trinajstić information content (AvgIpc) is 2.34. The zero-order chi connectivity index (χ0) is 12.0. The lowest BCUT2D eigenvalue weighted by atomic mass is 9.95. The van der Waals surface area contributed by atoms with Crippen LogP contribution in [0.15, 0.2) is 24.8 Å². The second-order valence-corrected chi connectivity index (χ2v) is 4.17. The zero-order valence-corrected chi connectivity index (χ0v) is 10.0. The van der Waals surface area contributed by atoms with Crippen molar-refractivity contribution in [2.75, 3.05) is 6.67 Å². The van der Waals surface area contributed by atoms with Crippen molar-refractivity contribution in [3.05, 3.63) is 48.4 Å². The maximum atomic E-state index is 12.6. The highest BCUT2D eigenvalue weighted by molar-refractivity contribution is 5.50. The molecule has 0 aromatic heterocycles. The Hall–Kier alpha value is -1.11. The van der Waals surface area contributed by atoms with Gasteiger partial charge in [0.2, 0.25) is 0 Å². The highest BCUT2D eigenvalue weighted by Crippen LogP contribution is 2.21. The molecular formula is C15H20F. The predicted molar refractivity (Wildman–Crippen MR) is 69.2 cm³/mol. The number of hydrogen-bond acceptors (Lipinski definition) is 0. The Balaban J connectivity index is 2.95. The fourth-order valence-electron chi connectivity index (χ4n) is 1.71. The van der Waals surface area contributed by atoms with Crippen molar-refractivity contribution in [2.24, 2.45) is 0 Å². The lowest BCUT2D eigenvalue weighted by Gasteiger charge is -2.11. The molecule has 0 saturated heterocycles. The summed E-state index contributed by atoms with van der Waals surface area (Å²) in [6, 6.07) is 6.16. The summed E-state index contributed by atoms with van der Waals surface area (Å²) in [6.07, 6.45) is 5.19. The molecule has 1 atom stereocenters. The van der Waals surface area contributed by atoms with E-state index < -0.39 is 6.67 Å². The first-order valence-electron chi connectivity index (χ1n) is 5.86. The largest absolute Gasteiger partial charge is 0.250 e. The standard InChI is InChI=1S/C15H20F/c1-4-6-7-14-8-13(5-2)9-15(10-14)12(3)11-16/h5,8-10,12H,2-4,6-7,11H2,1H3. The van der Waals surface area contributed by atoms with Gasteiger partial charge in [0.05, 0.1) is 6.67 Å². The molecule has 1 aromatic carbocycles. The average molecular weight is 219 g/mol. The minimum atomic E-state index is -0.409. The molecule has 0 fully saturated rings. The molecule has 0 aliphatic heterocycles. The van der Waals surface area contributed by atoms with E-state index in [1.54, 1.807) is 0 Å². The lowest BCUT2D eigenvalue weighted by Crippen LogP contribution is -1.98. The number of rotatable bonds is 6. The Labute approximate surface area is 98.2 Å². The summed E-state index contributed by atoms with van der Waals surface area (Å²) in [5, 5.41) is 0. The number of hydrogen-bond donors (Lipinski definition) is 0. The summed E-state index contributed by atoms with van der Waals surface area (Å²) < 4.78 is 12.6. The Morgan fingerprint density at radius 1 is 1.38 bits per heavy atom.